The zero-order valence-corrected chi connectivity index (χ0v) is 12.7. The first-order chi connectivity index (χ1) is 9.90. The Bertz CT molecular complexity index is 515. The molecule has 1 aliphatic carbocycles. The van der Waals surface area contributed by atoms with E-state index in [1.54, 1.807) is 12.1 Å². The number of rotatable bonds is 7. The van der Waals surface area contributed by atoms with Gasteiger partial charge in [0, 0.05) is 6.54 Å². The van der Waals surface area contributed by atoms with E-state index in [-0.39, 0.29) is 11.5 Å². The molecule has 2 N–H and O–H groups in total. The van der Waals surface area contributed by atoms with E-state index >= 15 is 0 Å². The van der Waals surface area contributed by atoms with Gasteiger partial charge in [0.15, 0.2) is 0 Å². The zero-order valence-electron chi connectivity index (χ0n) is 12.7. The van der Waals surface area contributed by atoms with Crippen LogP contribution in [0.3, 0.4) is 0 Å². The Kier molecular flexibility index (Phi) is 4.66. The van der Waals surface area contributed by atoms with E-state index in [1.807, 2.05) is 0 Å². The third kappa shape index (κ3) is 4.59. The summed E-state index contributed by atoms with van der Waals surface area (Å²) in [6.45, 7) is 5.19. The van der Waals surface area contributed by atoms with Crippen molar-refractivity contribution in [3.05, 3.63) is 35.4 Å². The number of hydrogen-bond donors (Lipinski definition) is 2. The lowest BCUT2D eigenvalue weighted by molar-refractivity contribution is -0.120. The van der Waals surface area contributed by atoms with Crippen LogP contribution < -0.4 is 5.32 Å². The van der Waals surface area contributed by atoms with Gasteiger partial charge in [0.05, 0.1) is 12.0 Å². The number of amides is 1. The first-order valence-corrected chi connectivity index (χ1v) is 7.49. The van der Waals surface area contributed by atoms with Crippen LogP contribution in [0.1, 0.15) is 49.0 Å². The summed E-state index contributed by atoms with van der Waals surface area (Å²) in [5, 5.41) is 11.9. The average Bonchev–Trinajstić information content (AvgIpc) is 3.16. The normalized spacial score (nSPS) is 15.8. The number of benzene rings is 1. The summed E-state index contributed by atoms with van der Waals surface area (Å²) in [6.07, 6.45) is 3.88. The van der Waals surface area contributed by atoms with Crippen molar-refractivity contribution in [1.82, 2.24) is 5.32 Å². The molecule has 0 bridgehead atoms. The van der Waals surface area contributed by atoms with Gasteiger partial charge in [-0.05, 0) is 48.3 Å². The minimum absolute atomic E-state index is 0.00751. The van der Waals surface area contributed by atoms with Gasteiger partial charge in [-0.25, -0.2) is 4.79 Å². The highest BCUT2D eigenvalue weighted by molar-refractivity contribution is 5.87. The van der Waals surface area contributed by atoms with Crippen LogP contribution in [0.4, 0.5) is 0 Å². The molecule has 1 saturated carbocycles. The zero-order chi connectivity index (χ0) is 15.5. The fourth-order valence-corrected chi connectivity index (χ4v) is 2.80. The molecule has 21 heavy (non-hydrogen) atoms. The molecule has 114 valence electrons. The fraction of sp³-hybridized carbons (Fsp3) is 0.529. The summed E-state index contributed by atoms with van der Waals surface area (Å²) in [6, 6.07) is 6.46. The minimum atomic E-state index is -0.949. The van der Waals surface area contributed by atoms with Crippen LogP contribution in [0.25, 0.3) is 0 Å². The summed E-state index contributed by atoms with van der Waals surface area (Å²) >= 11 is 0. The molecule has 0 unspecified atom stereocenters. The lowest BCUT2D eigenvalue weighted by Gasteiger charge is -2.18. The number of carboxylic acids is 1. The molecule has 1 fully saturated rings. The van der Waals surface area contributed by atoms with E-state index < -0.39 is 5.97 Å². The van der Waals surface area contributed by atoms with Gasteiger partial charge in [0.2, 0.25) is 5.91 Å². The quantitative estimate of drug-likeness (QED) is 0.811. The van der Waals surface area contributed by atoms with Crippen molar-refractivity contribution in [3.63, 3.8) is 0 Å². The van der Waals surface area contributed by atoms with Crippen LogP contribution in [0.15, 0.2) is 24.3 Å². The lowest BCUT2D eigenvalue weighted by atomic mass is 9.94. The van der Waals surface area contributed by atoms with Crippen molar-refractivity contribution in [2.45, 2.75) is 39.5 Å². The molecule has 0 atom stereocenters. The lowest BCUT2D eigenvalue weighted by Crippen LogP contribution is -2.32. The largest absolute Gasteiger partial charge is 0.478 e. The van der Waals surface area contributed by atoms with Crippen molar-refractivity contribution < 1.29 is 14.7 Å². The van der Waals surface area contributed by atoms with E-state index in [9.17, 15) is 9.59 Å². The van der Waals surface area contributed by atoms with Crippen molar-refractivity contribution in [2.75, 3.05) is 6.54 Å². The first-order valence-electron chi connectivity index (χ1n) is 7.49. The highest BCUT2D eigenvalue weighted by Crippen LogP contribution is 2.49. The molecule has 0 saturated heterocycles. The molecule has 0 aromatic heterocycles. The molecule has 0 aliphatic heterocycles. The Morgan fingerprint density at radius 3 is 2.33 bits per heavy atom. The van der Waals surface area contributed by atoms with E-state index in [4.69, 9.17) is 5.11 Å². The third-order valence-electron chi connectivity index (χ3n) is 4.02. The van der Waals surface area contributed by atoms with Gasteiger partial charge in [0.25, 0.3) is 0 Å². The standard InChI is InChI=1S/C17H23NO3/c1-12(2)10-17(7-8-17)11-18-15(19)9-13-3-5-14(6-4-13)16(20)21/h3-6,12H,7-11H2,1-2H3,(H,18,19)(H,20,21). The Balaban J connectivity index is 1.81. The molecule has 2 rings (SSSR count). The first kappa shape index (κ1) is 15.5. The Morgan fingerprint density at radius 2 is 1.86 bits per heavy atom. The van der Waals surface area contributed by atoms with Gasteiger partial charge in [-0.1, -0.05) is 26.0 Å². The predicted octanol–water partition coefficient (Wildman–Crippen LogP) is 2.87. The SMILES string of the molecule is CC(C)CC1(CNC(=O)Cc2ccc(C(=O)O)cc2)CC1. The number of aromatic carboxylic acids is 1. The summed E-state index contributed by atoms with van der Waals surface area (Å²) in [4.78, 5) is 22.7. The maximum Gasteiger partial charge on any atom is 0.335 e. The highest BCUT2D eigenvalue weighted by atomic mass is 16.4. The van der Waals surface area contributed by atoms with Crippen molar-refractivity contribution >= 4 is 11.9 Å². The summed E-state index contributed by atoms with van der Waals surface area (Å²) in [5.74, 6) is -0.281. The third-order valence-corrected chi connectivity index (χ3v) is 4.02. The molecule has 0 spiro atoms. The summed E-state index contributed by atoms with van der Waals surface area (Å²) < 4.78 is 0. The summed E-state index contributed by atoms with van der Waals surface area (Å²) in [7, 11) is 0. The predicted molar refractivity (Wildman–Crippen MR) is 81.2 cm³/mol. The Morgan fingerprint density at radius 1 is 1.24 bits per heavy atom. The topological polar surface area (TPSA) is 66.4 Å². The molecule has 1 amide bonds. The van der Waals surface area contributed by atoms with Gasteiger partial charge in [-0.2, -0.15) is 0 Å². The van der Waals surface area contributed by atoms with Gasteiger partial charge in [-0.3, -0.25) is 4.79 Å². The van der Waals surface area contributed by atoms with Crippen LogP contribution in [-0.2, 0) is 11.2 Å². The number of hydrogen-bond acceptors (Lipinski definition) is 2. The molecule has 1 aromatic rings. The molecule has 0 radical (unpaired) electrons. The smallest absolute Gasteiger partial charge is 0.335 e. The molecule has 1 aliphatic rings. The molecule has 4 nitrogen and oxygen atoms in total. The van der Waals surface area contributed by atoms with E-state index in [2.05, 4.69) is 19.2 Å². The van der Waals surface area contributed by atoms with Gasteiger partial charge < -0.3 is 10.4 Å². The number of nitrogens with one attached hydrogen (secondary N) is 1. The maximum absolute atomic E-state index is 12.0. The number of carboxylic acid groups (broad SMARTS) is 1. The Hall–Kier alpha value is -1.84. The van der Waals surface area contributed by atoms with Crippen molar-refractivity contribution in [3.8, 4) is 0 Å². The molecule has 1 aromatic carbocycles. The van der Waals surface area contributed by atoms with E-state index in [0.29, 0.717) is 17.8 Å². The van der Waals surface area contributed by atoms with Crippen molar-refractivity contribution in [2.24, 2.45) is 11.3 Å². The monoisotopic (exact) mass is 289 g/mol. The van der Waals surface area contributed by atoms with Crippen LogP contribution in [-0.4, -0.2) is 23.5 Å². The second-order valence-electron chi connectivity index (χ2n) is 6.55. The molecule has 0 heterocycles. The molecular formula is C17H23NO3. The molecule has 4 heteroatoms. The van der Waals surface area contributed by atoms with Crippen LogP contribution in [0.2, 0.25) is 0 Å². The second-order valence-corrected chi connectivity index (χ2v) is 6.55. The maximum atomic E-state index is 12.0. The van der Waals surface area contributed by atoms with Crippen molar-refractivity contribution in [1.29, 1.82) is 0 Å². The van der Waals surface area contributed by atoms with E-state index in [1.165, 1.54) is 31.4 Å². The summed E-state index contributed by atoms with van der Waals surface area (Å²) in [5.41, 5.74) is 1.41. The fourth-order valence-electron chi connectivity index (χ4n) is 2.80. The second kappa shape index (κ2) is 6.29. The highest BCUT2D eigenvalue weighted by Gasteiger charge is 2.42. The van der Waals surface area contributed by atoms with Gasteiger partial charge in [-0.15, -0.1) is 0 Å². The van der Waals surface area contributed by atoms with Gasteiger partial charge >= 0.3 is 5.97 Å². The Labute approximate surface area is 125 Å². The average molecular weight is 289 g/mol. The van der Waals surface area contributed by atoms with Crippen LogP contribution in [0, 0.1) is 11.3 Å². The molecular weight excluding hydrogens is 266 g/mol. The number of carbonyl (C=O) groups is 2. The van der Waals surface area contributed by atoms with Crippen LogP contribution >= 0.6 is 0 Å². The van der Waals surface area contributed by atoms with Gasteiger partial charge in [0.1, 0.15) is 0 Å². The minimum Gasteiger partial charge on any atom is -0.478 e. The number of carbonyl (C=O) groups excluding carboxylic acids is 1. The van der Waals surface area contributed by atoms with Crippen LogP contribution in [0.5, 0.6) is 0 Å². The van der Waals surface area contributed by atoms with E-state index in [0.717, 1.165) is 12.1 Å².